The topological polar surface area (TPSA) is 98.0 Å². The largest absolute Gasteiger partial charge is 0.481 e. The minimum atomic E-state index is -0.744. The van der Waals surface area contributed by atoms with Gasteiger partial charge in [-0.15, -0.1) is 0 Å². The average Bonchev–Trinajstić information content (AvgIpc) is 3.02. The third kappa shape index (κ3) is 3.26. The molecule has 0 aromatic heterocycles. The first kappa shape index (κ1) is 22.5. The standard InChI is InChI=1S/C25H42O5/c1-13(9-14(2)23(29)30)17-5-6-18-22-19(12-21(28)25(17,18)4)24(3)8-7-16(26)10-15(24)11-20(22)27/h13-22,26-28H,5-12H2,1-4H3,(H,29,30)/t13-,14-,15+,16-,17?,18?,19?,20-,21+,22?,24+,25-/m1/s1. The molecule has 0 spiro atoms. The van der Waals surface area contributed by atoms with Crippen molar-refractivity contribution in [2.24, 2.45) is 52.3 Å². The quantitative estimate of drug-likeness (QED) is 0.554. The highest BCUT2D eigenvalue weighted by Crippen LogP contribution is 2.68. The fourth-order valence-corrected chi connectivity index (χ4v) is 8.95. The van der Waals surface area contributed by atoms with Crippen LogP contribution in [0, 0.1) is 52.3 Å². The SMILES string of the molecule is C[C@H](C[C@@H](C)C1CCC2C3C(C[C@H](O)[C@@]21C)[C@@]1(C)CC[C@@H](O)C[C@H]1C[C@H]3O)C(=O)O. The minimum Gasteiger partial charge on any atom is -0.481 e. The second kappa shape index (κ2) is 7.74. The van der Waals surface area contributed by atoms with Crippen LogP contribution in [0.1, 0.15) is 79.1 Å². The van der Waals surface area contributed by atoms with E-state index in [9.17, 15) is 25.2 Å². The van der Waals surface area contributed by atoms with Crippen LogP contribution in [-0.4, -0.2) is 44.7 Å². The van der Waals surface area contributed by atoms with E-state index in [4.69, 9.17) is 0 Å². The van der Waals surface area contributed by atoms with Gasteiger partial charge in [0.05, 0.1) is 24.2 Å². The van der Waals surface area contributed by atoms with Crippen LogP contribution in [0.25, 0.3) is 0 Å². The van der Waals surface area contributed by atoms with Gasteiger partial charge in [-0.2, -0.15) is 0 Å². The maximum atomic E-state index is 11.5. The van der Waals surface area contributed by atoms with Crippen LogP contribution in [0.2, 0.25) is 0 Å². The molecule has 0 radical (unpaired) electrons. The minimum absolute atomic E-state index is 0.0902. The number of carboxylic acid groups (broad SMARTS) is 1. The zero-order chi connectivity index (χ0) is 22.0. The molecule has 4 rings (SSSR count). The Morgan fingerprint density at radius 2 is 1.70 bits per heavy atom. The molecule has 5 nitrogen and oxygen atoms in total. The van der Waals surface area contributed by atoms with Crippen molar-refractivity contribution in [1.29, 1.82) is 0 Å². The van der Waals surface area contributed by atoms with Crippen molar-refractivity contribution < 1.29 is 25.2 Å². The van der Waals surface area contributed by atoms with Crippen LogP contribution < -0.4 is 0 Å². The summed E-state index contributed by atoms with van der Waals surface area (Å²) >= 11 is 0. The molecule has 4 fully saturated rings. The molecule has 0 heterocycles. The van der Waals surface area contributed by atoms with Crippen LogP contribution in [0.3, 0.4) is 0 Å². The van der Waals surface area contributed by atoms with Crippen molar-refractivity contribution in [3.63, 3.8) is 0 Å². The molecule has 0 amide bonds. The molecule has 4 saturated carbocycles. The molecule has 4 aliphatic carbocycles. The Kier molecular flexibility index (Phi) is 5.81. The van der Waals surface area contributed by atoms with E-state index < -0.39 is 12.1 Å². The summed E-state index contributed by atoms with van der Waals surface area (Å²) in [5.74, 6) is 0.567. The monoisotopic (exact) mass is 422 g/mol. The molecule has 0 bridgehead atoms. The normalized spacial score (nSPS) is 52.6. The van der Waals surface area contributed by atoms with Crippen LogP contribution in [0.4, 0.5) is 0 Å². The van der Waals surface area contributed by atoms with Gasteiger partial charge in [0, 0.05) is 0 Å². The first-order valence-electron chi connectivity index (χ1n) is 12.3. The van der Waals surface area contributed by atoms with E-state index in [2.05, 4.69) is 20.8 Å². The first-order chi connectivity index (χ1) is 14.0. The molecular formula is C25H42O5. The molecule has 30 heavy (non-hydrogen) atoms. The Balaban J connectivity index is 1.61. The van der Waals surface area contributed by atoms with Gasteiger partial charge in [0.15, 0.2) is 0 Å². The first-order valence-corrected chi connectivity index (χ1v) is 12.3. The Morgan fingerprint density at radius 1 is 1.00 bits per heavy atom. The van der Waals surface area contributed by atoms with Gasteiger partial charge in [-0.1, -0.05) is 27.7 Å². The van der Waals surface area contributed by atoms with Crippen molar-refractivity contribution in [3.05, 3.63) is 0 Å². The van der Waals surface area contributed by atoms with Crippen LogP contribution in [0.5, 0.6) is 0 Å². The Morgan fingerprint density at radius 3 is 2.37 bits per heavy atom. The van der Waals surface area contributed by atoms with Crippen LogP contribution in [-0.2, 0) is 4.79 Å². The molecule has 0 saturated heterocycles. The highest BCUT2D eigenvalue weighted by molar-refractivity contribution is 5.69. The van der Waals surface area contributed by atoms with Gasteiger partial charge >= 0.3 is 5.97 Å². The summed E-state index contributed by atoms with van der Waals surface area (Å²) in [7, 11) is 0. The number of aliphatic hydroxyl groups excluding tert-OH is 3. The third-order valence-electron chi connectivity index (χ3n) is 10.7. The number of rotatable bonds is 4. The zero-order valence-electron chi connectivity index (χ0n) is 19.1. The lowest BCUT2D eigenvalue weighted by molar-refractivity contribution is -0.207. The second-order valence-corrected chi connectivity index (χ2v) is 12.0. The number of fused-ring (bicyclic) bond motifs is 5. The number of hydrogen-bond donors (Lipinski definition) is 4. The Labute approximate surface area is 181 Å². The Bertz CT molecular complexity index is 666. The molecule has 4 unspecified atom stereocenters. The van der Waals surface area contributed by atoms with E-state index >= 15 is 0 Å². The highest BCUT2D eigenvalue weighted by Gasteiger charge is 2.65. The van der Waals surface area contributed by atoms with Gasteiger partial charge in [0.2, 0.25) is 0 Å². The van der Waals surface area contributed by atoms with Crippen LogP contribution >= 0.6 is 0 Å². The van der Waals surface area contributed by atoms with Crippen molar-refractivity contribution in [1.82, 2.24) is 0 Å². The molecule has 0 aliphatic heterocycles. The summed E-state index contributed by atoms with van der Waals surface area (Å²) in [4.78, 5) is 11.4. The number of carboxylic acids is 1. The summed E-state index contributed by atoms with van der Waals surface area (Å²) in [5, 5.41) is 42.4. The maximum absolute atomic E-state index is 11.5. The van der Waals surface area contributed by atoms with Crippen molar-refractivity contribution in [3.8, 4) is 0 Å². The van der Waals surface area contributed by atoms with Crippen molar-refractivity contribution in [2.75, 3.05) is 0 Å². The molecular weight excluding hydrogens is 380 g/mol. The molecule has 12 atom stereocenters. The molecule has 0 aromatic carbocycles. The predicted octanol–water partition coefficient (Wildman–Crippen LogP) is 3.69. The number of hydrogen-bond acceptors (Lipinski definition) is 4. The molecule has 4 N–H and O–H groups in total. The van der Waals surface area contributed by atoms with E-state index in [0.717, 1.165) is 44.9 Å². The lowest BCUT2D eigenvalue weighted by Gasteiger charge is -2.63. The van der Waals surface area contributed by atoms with E-state index in [1.165, 1.54) is 0 Å². The van der Waals surface area contributed by atoms with Gasteiger partial charge in [-0.25, -0.2) is 0 Å². The van der Waals surface area contributed by atoms with Gasteiger partial charge in [-0.3, -0.25) is 4.79 Å². The zero-order valence-corrected chi connectivity index (χ0v) is 19.1. The average molecular weight is 423 g/mol. The van der Waals surface area contributed by atoms with E-state index in [-0.39, 0.29) is 40.8 Å². The van der Waals surface area contributed by atoms with E-state index in [0.29, 0.717) is 30.1 Å². The number of aliphatic hydroxyl groups is 3. The summed E-state index contributed by atoms with van der Waals surface area (Å²) in [6.07, 6.45) is 5.75. The Hall–Kier alpha value is -0.650. The fourth-order valence-electron chi connectivity index (χ4n) is 8.95. The summed E-state index contributed by atoms with van der Waals surface area (Å²) < 4.78 is 0. The molecule has 0 aromatic rings. The van der Waals surface area contributed by atoms with E-state index in [1.54, 1.807) is 6.92 Å². The molecule has 4 aliphatic rings. The van der Waals surface area contributed by atoms with Crippen LogP contribution in [0.15, 0.2) is 0 Å². The lowest BCUT2D eigenvalue weighted by atomic mass is 9.43. The van der Waals surface area contributed by atoms with Crippen molar-refractivity contribution >= 4 is 5.97 Å². The maximum Gasteiger partial charge on any atom is 0.306 e. The summed E-state index contributed by atoms with van der Waals surface area (Å²) in [6, 6.07) is 0. The van der Waals surface area contributed by atoms with Crippen molar-refractivity contribution in [2.45, 2.75) is 97.4 Å². The lowest BCUT2D eigenvalue weighted by Crippen LogP contribution is -2.62. The van der Waals surface area contributed by atoms with Gasteiger partial charge < -0.3 is 20.4 Å². The smallest absolute Gasteiger partial charge is 0.306 e. The van der Waals surface area contributed by atoms with Gasteiger partial charge in [-0.05, 0) is 97.7 Å². The summed E-state index contributed by atoms with van der Waals surface area (Å²) in [5.41, 5.74) is -0.163. The van der Waals surface area contributed by atoms with Gasteiger partial charge in [0.1, 0.15) is 0 Å². The predicted molar refractivity (Wildman–Crippen MR) is 115 cm³/mol. The van der Waals surface area contributed by atoms with Gasteiger partial charge in [0.25, 0.3) is 0 Å². The third-order valence-corrected chi connectivity index (χ3v) is 10.7. The summed E-state index contributed by atoms with van der Waals surface area (Å²) in [6.45, 7) is 8.52. The highest BCUT2D eigenvalue weighted by atomic mass is 16.4. The number of carbonyl (C=O) groups is 1. The van der Waals surface area contributed by atoms with E-state index in [1.807, 2.05) is 0 Å². The fraction of sp³-hybridized carbons (Fsp3) is 0.960. The number of aliphatic carboxylic acids is 1. The molecule has 5 heteroatoms. The molecule has 172 valence electrons. The second-order valence-electron chi connectivity index (χ2n) is 12.0.